The lowest BCUT2D eigenvalue weighted by Crippen LogP contribution is -2.61. The summed E-state index contributed by atoms with van der Waals surface area (Å²) in [6.45, 7) is 3.50. The number of fused-ring (bicyclic) bond motifs is 3. The first-order valence-corrected chi connectivity index (χ1v) is 15.0. The molecule has 2 amide bonds. The SMILES string of the molecule is CC1(C)SCCN(S(=O)(=O)c2ccc3oc4cc(NC(=O)c5cc([N+](=O)[O-])cc([N+](=O)[O-])c5)ccc4c3c2)C1C(=O)NO. The predicted octanol–water partition coefficient (Wildman–Crippen LogP) is 4.04. The van der Waals surface area contributed by atoms with E-state index in [9.17, 15) is 43.4 Å². The topological polar surface area (TPSA) is 215 Å². The van der Waals surface area contributed by atoms with E-state index in [2.05, 4.69) is 5.32 Å². The van der Waals surface area contributed by atoms with Gasteiger partial charge < -0.3 is 9.73 Å². The number of nitro benzene ring substituents is 2. The van der Waals surface area contributed by atoms with E-state index in [0.29, 0.717) is 22.1 Å². The van der Waals surface area contributed by atoms with Gasteiger partial charge in [-0.05, 0) is 44.2 Å². The largest absolute Gasteiger partial charge is 0.456 e. The maximum atomic E-state index is 13.7. The number of hydrogen-bond donors (Lipinski definition) is 3. The van der Waals surface area contributed by atoms with Crippen LogP contribution in [0.2, 0.25) is 0 Å². The van der Waals surface area contributed by atoms with Gasteiger partial charge in [-0.25, -0.2) is 13.9 Å². The summed E-state index contributed by atoms with van der Waals surface area (Å²) in [4.78, 5) is 45.9. The molecular formula is C26H23N5O10S2. The van der Waals surface area contributed by atoms with Gasteiger partial charge in [-0.3, -0.25) is 35.0 Å². The molecule has 0 radical (unpaired) electrons. The lowest BCUT2D eigenvalue weighted by Gasteiger charge is -2.43. The van der Waals surface area contributed by atoms with Crippen molar-refractivity contribution in [3.63, 3.8) is 0 Å². The maximum Gasteiger partial charge on any atom is 0.277 e. The van der Waals surface area contributed by atoms with E-state index in [0.717, 1.165) is 22.5 Å². The molecule has 224 valence electrons. The molecule has 17 heteroatoms. The van der Waals surface area contributed by atoms with Crippen molar-refractivity contribution >= 4 is 72.6 Å². The Morgan fingerprint density at radius 3 is 2.30 bits per heavy atom. The lowest BCUT2D eigenvalue weighted by atomic mass is 10.0. The summed E-state index contributed by atoms with van der Waals surface area (Å²) < 4.78 is 33.6. The molecule has 1 fully saturated rings. The van der Waals surface area contributed by atoms with E-state index in [1.165, 1.54) is 42.1 Å². The molecule has 43 heavy (non-hydrogen) atoms. The fourth-order valence-electron chi connectivity index (χ4n) is 4.99. The van der Waals surface area contributed by atoms with Crippen molar-refractivity contribution < 1.29 is 37.5 Å². The number of non-ortho nitro benzene ring substituents is 2. The summed E-state index contributed by atoms with van der Waals surface area (Å²) in [7, 11) is -4.20. The van der Waals surface area contributed by atoms with Crippen LogP contribution in [0.1, 0.15) is 24.2 Å². The van der Waals surface area contributed by atoms with Crippen LogP contribution in [0.15, 0.2) is 63.9 Å². The molecule has 15 nitrogen and oxygen atoms in total. The van der Waals surface area contributed by atoms with Crippen molar-refractivity contribution in [3.05, 3.63) is 80.4 Å². The number of thioether (sulfide) groups is 1. The summed E-state index contributed by atoms with van der Waals surface area (Å²) in [6.07, 6.45) is 0. The second-order valence-electron chi connectivity index (χ2n) is 10.1. The van der Waals surface area contributed by atoms with Crippen LogP contribution in [0, 0.1) is 20.2 Å². The second-order valence-corrected chi connectivity index (χ2v) is 13.8. The Hall–Kier alpha value is -4.58. The van der Waals surface area contributed by atoms with Crippen LogP contribution in [-0.4, -0.2) is 62.7 Å². The molecule has 3 aromatic carbocycles. The summed E-state index contributed by atoms with van der Waals surface area (Å²) >= 11 is 1.42. The normalized spacial score (nSPS) is 17.0. The molecule has 4 aromatic rings. The standard InChI is InChI=1S/C26H23N5O10S2/c1-26(2)23(25(33)28-34)29(7-8-42-26)43(39,40)18-4-6-21-20(13-18)19-5-3-15(11-22(19)41-21)27-24(32)14-9-16(30(35)36)12-17(10-14)31(37)38/h3-6,9-13,23,34H,7-8H2,1-2H3,(H,27,32)(H,28,33). The number of carbonyl (C=O) groups excluding carboxylic acids is 2. The zero-order chi connectivity index (χ0) is 31.3. The number of sulfonamides is 1. The number of furan rings is 1. The van der Waals surface area contributed by atoms with Gasteiger partial charge in [0.2, 0.25) is 10.0 Å². The van der Waals surface area contributed by atoms with Crippen LogP contribution in [-0.2, 0) is 14.8 Å². The number of nitro groups is 2. The predicted molar refractivity (Wildman–Crippen MR) is 156 cm³/mol. The van der Waals surface area contributed by atoms with Crippen LogP contribution in [0.3, 0.4) is 0 Å². The van der Waals surface area contributed by atoms with E-state index >= 15 is 0 Å². The van der Waals surface area contributed by atoms with Gasteiger partial charge in [0.05, 0.1) is 26.4 Å². The maximum absolute atomic E-state index is 13.7. The molecule has 0 bridgehead atoms. The molecule has 0 aliphatic carbocycles. The van der Waals surface area contributed by atoms with E-state index in [1.54, 1.807) is 25.4 Å². The fourth-order valence-corrected chi connectivity index (χ4v) is 8.12. The number of carbonyl (C=O) groups is 2. The smallest absolute Gasteiger partial charge is 0.277 e. The van der Waals surface area contributed by atoms with Crippen LogP contribution >= 0.6 is 11.8 Å². The molecule has 1 saturated heterocycles. The first-order chi connectivity index (χ1) is 20.2. The minimum atomic E-state index is -4.20. The molecule has 3 N–H and O–H groups in total. The number of benzene rings is 3. The minimum Gasteiger partial charge on any atom is -0.456 e. The summed E-state index contributed by atoms with van der Waals surface area (Å²) in [6, 6.07) is 10.2. The van der Waals surface area contributed by atoms with E-state index < -0.39 is 53.8 Å². The first kappa shape index (κ1) is 29.9. The Morgan fingerprint density at radius 1 is 1.00 bits per heavy atom. The molecule has 0 saturated carbocycles. The third kappa shape index (κ3) is 5.50. The fraction of sp³-hybridized carbons (Fsp3) is 0.231. The van der Waals surface area contributed by atoms with Gasteiger partial charge in [0.15, 0.2) is 0 Å². The zero-order valence-corrected chi connectivity index (χ0v) is 24.1. The average Bonchev–Trinajstić information content (AvgIpc) is 3.32. The molecule has 1 unspecified atom stereocenters. The first-order valence-electron chi connectivity index (χ1n) is 12.5. The van der Waals surface area contributed by atoms with E-state index in [-0.39, 0.29) is 28.3 Å². The van der Waals surface area contributed by atoms with Crippen molar-refractivity contribution in [3.8, 4) is 0 Å². The van der Waals surface area contributed by atoms with Crippen LogP contribution < -0.4 is 10.8 Å². The van der Waals surface area contributed by atoms with Gasteiger partial charge in [-0.15, -0.1) is 0 Å². The number of hydrogen-bond acceptors (Lipinski definition) is 11. The molecule has 2 heterocycles. The minimum absolute atomic E-state index is 0.0511. The summed E-state index contributed by atoms with van der Waals surface area (Å²) in [5.74, 6) is -1.24. The molecule has 1 atom stereocenters. The van der Waals surface area contributed by atoms with Crippen molar-refractivity contribution in [1.82, 2.24) is 9.79 Å². The second kappa shape index (κ2) is 10.9. The van der Waals surface area contributed by atoms with E-state index in [1.807, 2.05) is 0 Å². The number of nitrogens with one attached hydrogen (secondary N) is 2. The Balaban J connectivity index is 1.48. The zero-order valence-electron chi connectivity index (χ0n) is 22.5. The Kier molecular flexibility index (Phi) is 7.59. The summed E-state index contributed by atoms with van der Waals surface area (Å²) in [5.41, 5.74) is 0.871. The van der Waals surface area contributed by atoms with Gasteiger partial charge in [0, 0.05) is 51.7 Å². The molecule has 1 aliphatic rings. The van der Waals surface area contributed by atoms with Gasteiger partial charge in [0.1, 0.15) is 17.2 Å². The van der Waals surface area contributed by atoms with Crippen LogP contribution in [0.25, 0.3) is 21.9 Å². The highest BCUT2D eigenvalue weighted by molar-refractivity contribution is 8.01. The van der Waals surface area contributed by atoms with Gasteiger partial charge in [-0.2, -0.15) is 16.1 Å². The third-order valence-corrected chi connectivity index (χ3v) is 10.2. The van der Waals surface area contributed by atoms with E-state index in [4.69, 9.17) is 4.42 Å². The Bertz CT molecular complexity index is 1910. The molecule has 1 aliphatic heterocycles. The van der Waals surface area contributed by atoms with Crippen molar-refractivity contribution in [2.75, 3.05) is 17.6 Å². The average molecular weight is 630 g/mol. The highest BCUT2D eigenvalue weighted by Crippen LogP contribution is 2.39. The van der Waals surface area contributed by atoms with Gasteiger partial charge in [0.25, 0.3) is 23.2 Å². The monoisotopic (exact) mass is 629 g/mol. The van der Waals surface area contributed by atoms with Crippen LogP contribution in [0.4, 0.5) is 17.1 Å². The number of amides is 2. The number of rotatable bonds is 7. The third-order valence-electron chi connectivity index (χ3n) is 6.98. The van der Waals surface area contributed by atoms with Crippen molar-refractivity contribution in [2.45, 2.75) is 29.5 Å². The number of anilines is 1. The molecular weight excluding hydrogens is 606 g/mol. The van der Waals surface area contributed by atoms with Crippen molar-refractivity contribution in [1.29, 1.82) is 0 Å². The van der Waals surface area contributed by atoms with Crippen molar-refractivity contribution in [2.24, 2.45) is 0 Å². The quantitative estimate of drug-likeness (QED) is 0.151. The molecule has 5 rings (SSSR count). The Labute approximate surface area is 247 Å². The summed E-state index contributed by atoms with van der Waals surface area (Å²) in [5, 5.41) is 35.1. The van der Waals surface area contributed by atoms with Gasteiger partial charge in [-0.1, -0.05) is 0 Å². The van der Waals surface area contributed by atoms with Crippen LogP contribution in [0.5, 0.6) is 0 Å². The van der Waals surface area contributed by atoms with Gasteiger partial charge >= 0.3 is 0 Å². The molecule has 0 spiro atoms. The molecule has 1 aromatic heterocycles. The number of hydroxylamine groups is 1. The Morgan fingerprint density at radius 2 is 1.67 bits per heavy atom. The lowest BCUT2D eigenvalue weighted by molar-refractivity contribution is -0.394. The highest BCUT2D eigenvalue weighted by Gasteiger charge is 2.48. The highest BCUT2D eigenvalue weighted by atomic mass is 32.2. The number of nitrogens with zero attached hydrogens (tertiary/aromatic N) is 3.